The second-order valence-corrected chi connectivity index (χ2v) is 5.34. The summed E-state index contributed by atoms with van der Waals surface area (Å²) in [4.78, 5) is 25.6. The Morgan fingerprint density at radius 3 is 2.75 bits per heavy atom. The maximum absolute atomic E-state index is 12.4. The average molecular weight is 326 g/mol. The van der Waals surface area contributed by atoms with Crippen molar-refractivity contribution in [1.82, 2.24) is 0 Å². The van der Waals surface area contributed by atoms with Crippen LogP contribution in [-0.2, 0) is 4.74 Å². The van der Waals surface area contributed by atoms with Gasteiger partial charge in [0, 0.05) is 16.9 Å². The van der Waals surface area contributed by atoms with Gasteiger partial charge in [-0.3, -0.25) is 9.69 Å². The maximum atomic E-state index is 12.4. The van der Waals surface area contributed by atoms with Gasteiger partial charge in [-0.15, -0.1) is 0 Å². The van der Waals surface area contributed by atoms with Crippen LogP contribution in [0.2, 0.25) is 0 Å². The second kappa shape index (κ2) is 5.77. The number of cyclic esters (lactones) is 1. The number of anilines is 2. The van der Waals surface area contributed by atoms with Crippen molar-refractivity contribution in [2.24, 2.45) is 0 Å². The van der Waals surface area contributed by atoms with E-state index < -0.39 is 0 Å². The third-order valence-corrected chi connectivity index (χ3v) is 3.81. The third kappa shape index (κ3) is 2.60. The smallest absolute Gasteiger partial charge is 0.414 e. The SMILES string of the molecule is O=C(Nc1cccc(N2CCOC2=O)c1)c1ccc2c(c1)OCO2. The van der Waals surface area contributed by atoms with E-state index in [2.05, 4.69) is 5.32 Å². The molecule has 4 rings (SSSR count). The van der Waals surface area contributed by atoms with E-state index in [1.165, 1.54) is 4.90 Å². The highest BCUT2D eigenvalue weighted by Crippen LogP contribution is 2.32. The highest BCUT2D eigenvalue weighted by atomic mass is 16.7. The van der Waals surface area contributed by atoms with Gasteiger partial charge in [0.2, 0.25) is 6.79 Å². The summed E-state index contributed by atoms with van der Waals surface area (Å²) in [7, 11) is 0. The van der Waals surface area contributed by atoms with Crippen molar-refractivity contribution in [3.63, 3.8) is 0 Å². The number of ether oxygens (including phenoxy) is 3. The summed E-state index contributed by atoms with van der Waals surface area (Å²) in [6.07, 6.45) is -0.380. The van der Waals surface area contributed by atoms with Gasteiger partial charge in [0.05, 0.1) is 6.54 Å². The van der Waals surface area contributed by atoms with Crippen molar-refractivity contribution in [2.45, 2.75) is 0 Å². The van der Waals surface area contributed by atoms with Crippen LogP contribution in [0, 0.1) is 0 Å². The molecule has 24 heavy (non-hydrogen) atoms. The lowest BCUT2D eigenvalue weighted by atomic mass is 10.2. The van der Waals surface area contributed by atoms with Gasteiger partial charge < -0.3 is 19.5 Å². The van der Waals surface area contributed by atoms with Gasteiger partial charge in [0.1, 0.15) is 6.61 Å². The molecular formula is C17H14N2O5. The molecule has 1 saturated heterocycles. The number of nitrogens with one attached hydrogen (secondary N) is 1. The van der Waals surface area contributed by atoms with Crippen LogP contribution in [-0.4, -0.2) is 31.9 Å². The van der Waals surface area contributed by atoms with E-state index in [-0.39, 0.29) is 18.8 Å². The highest BCUT2D eigenvalue weighted by Gasteiger charge is 2.23. The minimum Gasteiger partial charge on any atom is -0.454 e. The number of fused-ring (bicyclic) bond motifs is 1. The topological polar surface area (TPSA) is 77.1 Å². The predicted molar refractivity (Wildman–Crippen MR) is 85.7 cm³/mol. The molecule has 0 saturated carbocycles. The molecule has 0 bridgehead atoms. The minimum absolute atomic E-state index is 0.161. The fourth-order valence-electron chi connectivity index (χ4n) is 2.62. The van der Waals surface area contributed by atoms with E-state index in [0.29, 0.717) is 41.6 Å². The van der Waals surface area contributed by atoms with Crippen molar-refractivity contribution in [2.75, 3.05) is 30.2 Å². The van der Waals surface area contributed by atoms with Crippen LogP contribution >= 0.6 is 0 Å². The van der Waals surface area contributed by atoms with Crippen molar-refractivity contribution in [1.29, 1.82) is 0 Å². The first-order chi connectivity index (χ1) is 11.7. The number of hydrogen-bond acceptors (Lipinski definition) is 5. The number of nitrogens with zero attached hydrogens (tertiary/aromatic N) is 1. The Kier molecular flexibility index (Phi) is 3.45. The lowest BCUT2D eigenvalue weighted by Crippen LogP contribution is -2.23. The average Bonchev–Trinajstić information content (AvgIpc) is 3.22. The van der Waals surface area contributed by atoms with Crippen LogP contribution in [0.25, 0.3) is 0 Å². The molecule has 7 nitrogen and oxygen atoms in total. The fourth-order valence-corrected chi connectivity index (χ4v) is 2.62. The van der Waals surface area contributed by atoms with E-state index >= 15 is 0 Å². The molecule has 2 amide bonds. The zero-order valence-corrected chi connectivity index (χ0v) is 12.7. The number of carbonyl (C=O) groups is 2. The summed E-state index contributed by atoms with van der Waals surface area (Å²) in [5, 5.41) is 2.81. The molecule has 0 unspecified atom stereocenters. The van der Waals surface area contributed by atoms with E-state index in [0.717, 1.165) is 0 Å². The molecule has 0 atom stereocenters. The van der Waals surface area contributed by atoms with Crippen molar-refractivity contribution in [3.05, 3.63) is 48.0 Å². The van der Waals surface area contributed by atoms with Crippen LogP contribution in [0.5, 0.6) is 11.5 Å². The molecule has 2 aliphatic rings. The van der Waals surface area contributed by atoms with E-state index in [9.17, 15) is 9.59 Å². The van der Waals surface area contributed by atoms with E-state index in [1.54, 1.807) is 42.5 Å². The molecule has 0 aromatic heterocycles. The Morgan fingerprint density at radius 1 is 1.04 bits per heavy atom. The van der Waals surface area contributed by atoms with Gasteiger partial charge in [-0.2, -0.15) is 0 Å². The molecule has 2 aromatic rings. The predicted octanol–water partition coefficient (Wildman–Crippen LogP) is 2.62. The van der Waals surface area contributed by atoms with Gasteiger partial charge in [-0.05, 0) is 36.4 Å². The first-order valence-electron chi connectivity index (χ1n) is 7.46. The summed E-state index contributed by atoms with van der Waals surface area (Å²) < 4.78 is 15.4. The Hall–Kier alpha value is -3.22. The molecule has 2 aliphatic heterocycles. The molecule has 1 N–H and O–H groups in total. The van der Waals surface area contributed by atoms with E-state index in [4.69, 9.17) is 14.2 Å². The largest absolute Gasteiger partial charge is 0.454 e. The fraction of sp³-hybridized carbons (Fsp3) is 0.176. The Bertz CT molecular complexity index is 820. The zero-order valence-electron chi connectivity index (χ0n) is 12.7. The number of carbonyl (C=O) groups excluding carboxylic acids is 2. The van der Waals surface area contributed by atoms with Crippen LogP contribution in [0.3, 0.4) is 0 Å². The van der Waals surface area contributed by atoms with Gasteiger partial charge in [-0.25, -0.2) is 4.79 Å². The Labute approximate surface area is 137 Å². The number of rotatable bonds is 3. The lowest BCUT2D eigenvalue weighted by molar-refractivity contribution is 0.102. The van der Waals surface area contributed by atoms with Crippen molar-refractivity contribution < 1.29 is 23.8 Å². The molecule has 0 spiro atoms. The Balaban J connectivity index is 1.52. The summed E-state index contributed by atoms with van der Waals surface area (Å²) in [6, 6.07) is 12.1. The molecule has 122 valence electrons. The molecule has 7 heteroatoms. The third-order valence-electron chi connectivity index (χ3n) is 3.81. The Morgan fingerprint density at radius 2 is 1.92 bits per heavy atom. The van der Waals surface area contributed by atoms with Crippen LogP contribution in [0.4, 0.5) is 16.2 Å². The van der Waals surface area contributed by atoms with Gasteiger partial charge >= 0.3 is 6.09 Å². The zero-order chi connectivity index (χ0) is 16.5. The normalized spacial score (nSPS) is 15.3. The van der Waals surface area contributed by atoms with Crippen molar-refractivity contribution >= 4 is 23.4 Å². The molecule has 0 aliphatic carbocycles. The quantitative estimate of drug-likeness (QED) is 0.938. The molecule has 0 radical (unpaired) electrons. The van der Waals surface area contributed by atoms with Gasteiger partial charge in [-0.1, -0.05) is 6.07 Å². The maximum Gasteiger partial charge on any atom is 0.414 e. The first kappa shape index (κ1) is 14.4. The summed E-state index contributed by atoms with van der Waals surface area (Å²) in [5.74, 6) is 0.909. The van der Waals surface area contributed by atoms with Crippen LogP contribution < -0.4 is 19.7 Å². The molecule has 2 heterocycles. The first-order valence-corrected chi connectivity index (χ1v) is 7.46. The van der Waals surface area contributed by atoms with Crippen LogP contribution in [0.1, 0.15) is 10.4 Å². The number of hydrogen-bond donors (Lipinski definition) is 1. The number of benzene rings is 2. The summed E-state index contributed by atoms with van der Waals surface area (Å²) in [5.41, 5.74) is 1.74. The monoisotopic (exact) mass is 326 g/mol. The number of amides is 2. The van der Waals surface area contributed by atoms with Crippen LogP contribution in [0.15, 0.2) is 42.5 Å². The van der Waals surface area contributed by atoms with E-state index in [1.807, 2.05) is 0 Å². The summed E-state index contributed by atoms with van der Waals surface area (Å²) in [6.45, 7) is 1.03. The molecule has 2 aromatic carbocycles. The standard InChI is InChI=1S/C17H14N2O5/c20-16(11-4-5-14-15(8-11)24-10-23-14)18-12-2-1-3-13(9-12)19-6-7-22-17(19)21/h1-5,8-9H,6-7,10H2,(H,18,20). The summed E-state index contributed by atoms with van der Waals surface area (Å²) >= 11 is 0. The van der Waals surface area contributed by atoms with Gasteiger partial charge in [0.15, 0.2) is 11.5 Å². The lowest BCUT2D eigenvalue weighted by Gasteiger charge is -2.14. The molecule has 1 fully saturated rings. The second-order valence-electron chi connectivity index (χ2n) is 5.34. The minimum atomic E-state index is -0.380. The molecular weight excluding hydrogens is 312 g/mol. The van der Waals surface area contributed by atoms with Gasteiger partial charge in [0.25, 0.3) is 5.91 Å². The highest BCUT2D eigenvalue weighted by molar-refractivity contribution is 6.05. The van der Waals surface area contributed by atoms with Crippen molar-refractivity contribution in [3.8, 4) is 11.5 Å².